The van der Waals surface area contributed by atoms with Crippen molar-refractivity contribution in [2.75, 3.05) is 32.8 Å². The van der Waals surface area contributed by atoms with Gasteiger partial charge >= 0.3 is 6.03 Å². The Morgan fingerprint density at radius 2 is 1.86 bits per heavy atom. The molecule has 0 spiro atoms. The molecule has 1 aliphatic rings. The molecule has 150 valence electrons. The second kappa shape index (κ2) is 10.9. The molecule has 1 aliphatic heterocycles. The van der Waals surface area contributed by atoms with Crippen LogP contribution in [0.25, 0.3) is 0 Å². The van der Waals surface area contributed by atoms with Gasteiger partial charge in [0.1, 0.15) is 12.4 Å². The number of piperidine rings is 1. The van der Waals surface area contributed by atoms with Gasteiger partial charge in [-0.3, -0.25) is 4.98 Å². The zero-order valence-corrected chi connectivity index (χ0v) is 16.7. The molecule has 0 aliphatic carbocycles. The molecule has 0 saturated carbocycles. The minimum atomic E-state index is -0.130. The first kappa shape index (κ1) is 20.4. The van der Waals surface area contributed by atoms with Crippen LogP contribution < -0.4 is 15.4 Å². The number of urea groups is 1. The van der Waals surface area contributed by atoms with Crippen LogP contribution in [-0.4, -0.2) is 54.7 Å². The highest BCUT2D eigenvalue weighted by Gasteiger charge is 2.20. The van der Waals surface area contributed by atoms with Crippen LogP contribution in [-0.2, 0) is 6.42 Å². The van der Waals surface area contributed by atoms with Crippen LogP contribution in [0.1, 0.15) is 18.4 Å². The Balaban J connectivity index is 1.25. The molecule has 2 heterocycles. The Bertz CT molecular complexity index is 719. The summed E-state index contributed by atoms with van der Waals surface area (Å²) < 4.78 is 5.57. The first-order valence-electron chi connectivity index (χ1n) is 9.73. The summed E-state index contributed by atoms with van der Waals surface area (Å²) in [6.45, 7) is 3.94. The molecule has 7 heteroatoms. The highest BCUT2D eigenvalue weighted by molar-refractivity contribution is 6.30. The Morgan fingerprint density at radius 1 is 1.14 bits per heavy atom. The van der Waals surface area contributed by atoms with Crippen molar-refractivity contribution in [3.8, 4) is 5.75 Å². The van der Waals surface area contributed by atoms with E-state index in [9.17, 15) is 4.79 Å². The maximum atomic E-state index is 12.0. The van der Waals surface area contributed by atoms with E-state index in [1.165, 1.54) is 5.56 Å². The molecule has 28 heavy (non-hydrogen) atoms. The van der Waals surface area contributed by atoms with E-state index in [1.807, 2.05) is 24.5 Å². The number of benzene rings is 1. The van der Waals surface area contributed by atoms with E-state index in [0.717, 1.165) is 44.6 Å². The number of halogens is 1. The summed E-state index contributed by atoms with van der Waals surface area (Å²) in [4.78, 5) is 18.5. The molecule has 1 fully saturated rings. The second-order valence-corrected chi connectivity index (χ2v) is 7.36. The van der Waals surface area contributed by atoms with Crippen LogP contribution >= 0.6 is 11.6 Å². The Hall–Kier alpha value is -2.31. The molecule has 3 rings (SSSR count). The number of rotatable bonds is 8. The van der Waals surface area contributed by atoms with Crippen molar-refractivity contribution < 1.29 is 9.53 Å². The maximum Gasteiger partial charge on any atom is 0.315 e. The van der Waals surface area contributed by atoms with Crippen LogP contribution in [0.15, 0.2) is 48.8 Å². The SMILES string of the molecule is O=C(NCCOc1ccc(Cl)cc1)NC1CCN(CCc2ccncc2)CC1. The van der Waals surface area contributed by atoms with Crippen LogP contribution in [0.5, 0.6) is 5.75 Å². The van der Waals surface area contributed by atoms with E-state index in [-0.39, 0.29) is 12.1 Å². The summed E-state index contributed by atoms with van der Waals surface area (Å²) in [6, 6.07) is 11.4. The summed E-state index contributed by atoms with van der Waals surface area (Å²) >= 11 is 5.84. The van der Waals surface area contributed by atoms with Crippen molar-refractivity contribution in [1.82, 2.24) is 20.5 Å². The van der Waals surface area contributed by atoms with Gasteiger partial charge in [0.2, 0.25) is 0 Å². The van der Waals surface area contributed by atoms with Crippen LogP contribution in [0.2, 0.25) is 5.02 Å². The molecule has 0 unspecified atom stereocenters. The van der Waals surface area contributed by atoms with E-state index >= 15 is 0 Å². The zero-order chi connectivity index (χ0) is 19.6. The number of amides is 2. The lowest BCUT2D eigenvalue weighted by molar-refractivity contribution is 0.193. The number of nitrogens with one attached hydrogen (secondary N) is 2. The van der Waals surface area contributed by atoms with Gasteiger partial charge in [-0.25, -0.2) is 4.79 Å². The molecule has 1 saturated heterocycles. The van der Waals surface area contributed by atoms with Gasteiger partial charge in [-0.05, 0) is 61.2 Å². The molecule has 2 amide bonds. The number of carbonyl (C=O) groups excluding carboxylic acids is 1. The molecular formula is C21H27ClN4O2. The highest BCUT2D eigenvalue weighted by Crippen LogP contribution is 2.15. The number of carbonyl (C=O) groups is 1. The average Bonchev–Trinajstić information content (AvgIpc) is 2.73. The first-order valence-corrected chi connectivity index (χ1v) is 10.1. The smallest absolute Gasteiger partial charge is 0.315 e. The third-order valence-electron chi connectivity index (χ3n) is 4.86. The number of hydrogen-bond donors (Lipinski definition) is 2. The minimum Gasteiger partial charge on any atom is -0.492 e. The fourth-order valence-electron chi connectivity index (χ4n) is 3.24. The summed E-state index contributed by atoms with van der Waals surface area (Å²) in [6.07, 6.45) is 6.67. The third-order valence-corrected chi connectivity index (χ3v) is 5.11. The summed E-state index contributed by atoms with van der Waals surface area (Å²) in [5.41, 5.74) is 1.32. The van der Waals surface area contributed by atoms with E-state index in [1.54, 1.807) is 12.1 Å². The molecule has 0 bridgehead atoms. The molecule has 2 N–H and O–H groups in total. The number of likely N-dealkylation sites (tertiary alicyclic amines) is 1. The van der Waals surface area contributed by atoms with Crippen LogP contribution in [0.3, 0.4) is 0 Å². The normalized spacial score (nSPS) is 15.2. The quantitative estimate of drug-likeness (QED) is 0.666. The lowest BCUT2D eigenvalue weighted by Gasteiger charge is -2.32. The molecular weight excluding hydrogens is 376 g/mol. The highest BCUT2D eigenvalue weighted by atomic mass is 35.5. The lowest BCUT2D eigenvalue weighted by atomic mass is 10.0. The Kier molecular flexibility index (Phi) is 7.94. The predicted molar refractivity (Wildman–Crippen MR) is 111 cm³/mol. The standard InChI is InChI=1S/C21H27ClN4O2/c22-18-1-3-20(4-2-18)28-16-12-24-21(27)25-19-8-14-26(15-9-19)13-7-17-5-10-23-11-6-17/h1-6,10-11,19H,7-9,12-16H2,(H2,24,25,27). The largest absolute Gasteiger partial charge is 0.492 e. The van der Waals surface area contributed by atoms with Gasteiger partial charge < -0.3 is 20.3 Å². The fraction of sp³-hybridized carbons (Fsp3) is 0.429. The van der Waals surface area contributed by atoms with Gasteiger partial charge in [0, 0.05) is 43.1 Å². The van der Waals surface area contributed by atoms with Crippen molar-refractivity contribution in [1.29, 1.82) is 0 Å². The van der Waals surface area contributed by atoms with Crippen molar-refractivity contribution in [2.45, 2.75) is 25.3 Å². The van der Waals surface area contributed by atoms with Crippen molar-refractivity contribution >= 4 is 17.6 Å². The van der Waals surface area contributed by atoms with E-state index in [2.05, 4.69) is 32.7 Å². The molecule has 1 aromatic carbocycles. The number of aromatic nitrogens is 1. The Morgan fingerprint density at radius 3 is 2.57 bits per heavy atom. The minimum absolute atomic E-state index is 0.130. The number of nitrogens with zero attached hydrogens (tertiary/aromatic N) is 2. The van der Waals surface area contributed by atoms with Crippen molar-refractivity contribution in [3.63, 3.8) is 0 Å². The van der Waals surface area contributed by atoms with Gasteiger partial charge in [-0.15, -0.1) is 0 Å². The summed E-state index contributed by atoms with van der Waals surface area (Å²) in [5, 5.41) is 6.58. The van der Waals surface area contributed by atoms with Crippen LogP contribution in [0.4, 0.5) is 4.79 Å². The molecule has 1 aromatic heterocycles. The molecule has 6 nitrogen and oxygen atoms in total. The van der Waals surface area contributed by atoms with Crippen molar-refractivity contribution in [3.05, 3.63) is 59.4 Å². The topological polar surface area (TPSA) is 66.5 Å². The summed E-state index contributed by atoms with van der Waals surface area (Å²) in [5.74, 6) is 0.741. The third kappa shape index (κ3) is 7.02. The van der Waals surface area contributed by atoms with Crippen molar-refractivity contribution in [2.24, 2.45) is 0 Å². The summed E-state index contributed by atoms with van der Waals surface area (Å²) in [7, 11) is 0. The second-order valence-electron chi connectivity index (χ2n) is 6.92. The van der Waals surface area contributed by atoms with E-state index in [4.69, 9.17) is 16.3 Å². The number of pyridine rings is 1. The zero-order valence-electron chi connectivity index (χ0n) is 15.9. The fourth-order valence-corrected chi connectivity index (χ4v) is 3.36. The van der Waals surface area contributed by atoms with Gasteiger partial charge in [0.05, 0.1) is 6.54 Å². The maximum absolute atomic E-state index is 12.0. The predicted octanol–water partition coefficient (Wildman–Crippen LogP) is 3.12. The van der Waals surface area contributed by atoms with Gasteiger partial charge in [-0.2, -0.15) is 0 Å². The average molecular weight is 403 g/mol. The van der Waals surface area contributed by atoms with Gasteiger partial charge in [0.25, 0.3) is 0 Å². The van der Waals surface area contributed by atoms with Gasteiger partial charge in [-0.1, -0.05) is 11.6 Å². The number of hydrogen-bond acceptors (Lipinski definition) is 4. The Labute approximate surface area is 171 Å². The van der Waals surface area contributed by atoms with Gasteiger partial charge in [0.15, 0.2) is 0 Å². The first-order chi connectivity index (χ1) is 13.7. The monoisotopic (exact) mass is 402 g/mol. The van der Waals surface area contributed by atoms with Crippen LogP contribution in [0, 0.1) is 0 Å². The van der Waals surface area contributed by atoms with E-state index in [0.29, 0.717) is 18.2 Å². The molecule has 2 aromatic rings. The molecule has 0 radical (unpaired) electrons. The molecule has 0 atom stereocenters. The lowest BCUT2D eigenvalue weighted by Crippen LogP contribution is -2.48. The van der Waals surface area contributed by atoms with E-state index < -0.39 is 0 Å². The number of ether oxygens (including phenoxy) is 1.